The largest absolute Gasteiger partial charge is 0.396 e. The molecule has 0 aliphatic heterocycles. The van der Waals surface area contributed by atoms with E-state index >= 15 is 0 Å². The first-order chi connectivity index (χ1) is 7.81. The first kappa shape index (κ1) is 12.3. The fourth-order valence-corrected chi connectivity index (χ4v) is 3.23. The predicted molar refractivity (Wildman–Crippen MR) is 64.2 cm³/mol. The third-order valence-corrected chi connectivity index (χ3v) is 4.30. The fraction of sp³-hybridized carbons (Fsp3) is 1.00. The Bertz CT molecular complexity index is 210. The monoisotopic (exact) mass is 227 g/mol. The zero-order valence-electron chi connectivity index (χ0n) is 10.1. The minimum Gasteiger partial charge on any atom is -0.396 e. The number of hydrogen-bond acceptors (Lipinski definition) is 3. The topological polar surface area (TPSA) is 52.5 Å². The van der Waals surface area contributed by atoms with Crippen molar-refractivity contribution < 1.29 is 10.2 Å². The molecule has 0 aromatic heterocycles. The van der Waals surface area contributed by atoms with E-state index in [2.05, 4.69) is 5.32 Å². The van der Waals surface area contributed by atoms with E-state index in [4.69, 9.17) is 0 Å². The van der Waals surface area contributed by atoms with Gasteiger partial charge in [-0.05, 0) is 31.6 Å². The van der Waals surface area contributed by atoms with Crippen LogP contribution in [0.3, 0.4) is 0 Å². The Morgan fingerprint density at radius 3 is 2.19 bits per heavy atom. The highest BCUT2D eigenvalue weighted by Crippen LogP contribution is 2.26. The molecule has 2 aliphatic carbocycles. The van der Waals surface area contributed by atoms with Crippen LogP contribution in [0.2, 0.25) is 0 Å². The van der Waals surface area contributed by atoms with Gasteiger partial charge in [-0.3, -0.25) is 0 Å². The van der Waals surface area contributed by atoms with Crippen molar-refractivity contribution in [2.45, 2.75) is 69.6 Å². The Kier molecular flexibility index (Phi) is 4.62. The molecule has 16 heavy (non-hydrogen) atoms. The van der Waals surface area contributed by atoms with E-state index < -0.39 is 0 Å². The molecular formula is C13H25NO2. The van der Waals surface area contributed by atoms with Crippen LogP contribution in [0.4, 0.5) is 0 Å². The number of hydrogen-bond donors (Lipinski definition) is 3. The molecule has 3 N–H and O–H groups in total. The lowest BCUT2D eigenvalue weighted by Crippen LogP contribution is -2.51. The molecule has 2 rings (SSSR count). The van der Waals surface area contributed by atoms with Crippen molar-refractivity contribution in [3.63, 3.8) is 0 Å². The van der Waals surface area contributed by atoms with E-state index in [1.165, 1.54) is 19.3 Å². The minimum absolute atomic E-state index is 0.171. The SMILES string of the molecule is OCC1CCCCC1N[C@H]1CCCC[C@@H]1O. The summed E-state index contributed by atoms with van der Waals surface area (Å²) in [6.45, 7) is 0.292. The van der Waals surface area contributed by atoms with E-state index in [0.717, 1.165) is 32.1 Å². The van der Waals surface area contributed by atoms with Gasteiger partial charge in [0.15, 0.2) is 0 Å². The van der Waals surface area contributed by atoms with Crippen molar-refractivity contribution in [2.24, 2.45) is 5.92 Å². The van der Waals surface area contributed by atoms with Gasteiger partial charge < -0.3 is 15.5 Å². The average Bonchev–Trinajstić information content (AvgIpc) is 2.33. The highest BCUT2D eigenvalue weighted by atomic mass is 16.3. The molecule has 0 saturated heterocycles. The molecule has 94 valence electrons. The third-order valence-electron chi connectivity index (χ3n) is 4.30. The molecule has 3 nitrogen and oxygen atoms in total. The molecule has 2 fully saturated rings. The van der Waals surface area contributed by atoms with Gasteiger partial charge in [-0.2, -0.15) is 0 Å². The second kappa shape index (κ2) is 5.99. The van der Waals surface area contributed by atoms with Gasteiger partial charge in [-0.15, -0.1) is 0 Å². The Morgan fingerprint density at radius 2 is 1.50 bits per heavy atom. The van der Waals surface area contributed by atoms with Gasteiger partial charge in [0.25, 0.3) is 0 Å². The van der Waals surface area contributed by atoms with E-state index in [1.807, 2.05) is 0 Å². The summed E-state index contributed by atoms with van der Waals surface area (Å²) in [4.78, 5) is 0. The molecule has 0 aromatic carbocycles. The van der Waals surface area contributed by atoms with Crippen LogP contribution >= 0.6 is 0 Å². The first-order valence-electron chi connectivity index (χ1n) is 6.86. The van der Waals surface area contributed by atoms with E-state index in [1.54, 1.807) is 0 Å². The molecule has 0 amide bonds. The van der Waals surface area contributed by atoms with Gasteiger partial charge in [-0.25, -0.2) is 0 Å². The zero-order valence-corrected chi connectivity index (χ0v) is 10.1. The maximum Gasteiger partial charge on any atom is 0.0693 e. The summed E-state index contributed by atoms with van der Waals surface area (Å²) in [7, 11) is 0. The van der Waals surface area contributed by atoms with Crippen LogP contribution in [-0.4, -0.2) is 35.0 Å². The summed E-state index contributed by atoms with van der Waals surface area (Å²) >= 11 is 0. The van der Waals surface area contributed by atoms with Gasteiger partial charge in [0, 0.05) is 18.7 Å². The number of aliphatic hydroxyl groups excluding tert-OH is 2. The lowest BCUT2D eigenvalue weighted by Gasteiger charge is -2.37. The van der Waals surface area contributed by atoms with Gasteiger partial charge in [0.2, 0.25) is 0 Å². The molecule has 0 bridgehead atoms. The van der Waals surface area contributed by atoms with Crippen LogP contribution in [0, 0.1) is 5.92 Å². The molecule has 3 heteroatoms. The molecule has 2 aliphatic rings. The molecule has 2 saturated carbocycles. The van der Waals surface area contributed by atoms with Gasteiger partial charge >= 0.3 is 0 Å². The molecular weight excluding hydrogens is 202 g/mol. The summed E-state index contributed by atoms with van der Waals surface area (Å²) in [6, 6.07) is 0.697. The Balaban J connectivity index is 1.86. The van der Waals surface area contributed by atoms with Crippen LogP contribution in [0.5, 0.6) is 0 Å². The highest BCUT2D eigenvalue weighted by molar-refractivity contribution is 4.88. The second-order valence-electron chi connectivity index (χ2n) is 5.46. The summed E-state index contributed by atoms with van der Waals surface area (Å²) in [5.74, 6) is 0.405. The molecule has 0 radical (unpaired) electrons. The summed E-state index contributed by atoms with van der Waals surface area (Å²) < 4.78 is 0. The van der Waals surface area contributed by atoms with Crippen LogP contribution in [0.15, 0.2) is 0 Å². The summed E-state index contributed by atoms with van der Waals surface area (Å²) in [6.07, 6.45) is 9.05. The lowest BCUT2D eigenvalue weighted by atomic mass is 9.83. The summed E-state index contributed by atoms with van der Waals surface area (Å²) in [5, 5.41) is 22.9. The molecule has 0 spiro atoms. The maximum atomic E-state index is 9.93. The summed E-state index contributed by atoms with van der Waals surface area (Å²) in [5.41, 5.74) is 0. The zero-order chi connectivity index (χ0) is 11.4. The number of rotatable bonds is 3. The number of aliphatic hydroxyl groups is 2. The quantitative estimate of drug-likeness (QED) is 0.683. The van der Waals surface area contributed by atoms with Crippen molar-refractivity contribution >= 4 is 0 Å². The molecule has 4 atom stereocenters. The van der Waals surface area contributed by atoms with Crippen LogP contribution < -0.4 is 5.32 Å². The van der Waals surface area contributed by atoms with E-state index in [-0.39, 0.29) is 12.1 Å². The van der Waals surface area contributed by atoms with Crippen molar-refractivity contribution in [1.29, 1.82) is 0 Å². The van der Waals surface area contributed by atoms with Crippen molar-refractivity contribution in [3.05, 3.63) is 0 Å². The molecule has 0 aromatic rings. The number of nitrogens with one attached hydrogen (secondary N) is 1. The third kappa shape index (κ3) is 2.96. The average molecular weight is 227 g/mol. The van der Waals surface area contributed by atoms with Crippen molar-refractivity contribution in [2.75, 3.05) is 6.61 Å². The van der Waals surface area contributed by atoms with Crippen molar-refractivity contribution in [1.82, 2.24) is 5.32 Å². The van der Waals surface area contributed by atoms with Gasteiger partial charge in [0.05, 0.1) is 6.10 Å². The van der Waals surface area contributed by atoms with E-state index in [0.29, 0.717) is 18.6 Å². The van der Waals surface area contributed by atoms with Crippen LogP contribution in [0.1, 0.15) is 51.4 Å². The Labute approximate surface area is 98.2 Å². The van der Waals surface area contributed by atoms with Crippen LogP contribution in [-0.2, 0) is 0 Å². The maximum absolute atomic E-state index is 9.93. The standard InChI is InChI=1S/C13H25NO2/c15-9-10-5-1-2-6-11(10)14-12-7-3-4-8-13(12)16/h10-16H,1-9H2/t10?,11?,12-,13-/m0/s1. The van der Waals surface area contributed by atoms with Gasteiger partial charge in [0.1, 0.15) is 0 Å². The smallest absolute Gasteiger partial charge is 0.0693 e. The lowest BCUT2D eigenvalue weighted by molar-refractivity contribution is 0.0658. The Hall–Kier alpha value is -0.120. The fourth-order valence-electron chi connectivity index (χ4n) is 3.23. The Morgan fingerprint density at radius 1 is 0.875 bits per heavy atom. The van der Waals surface area contributed by atoms with E-state index in [9.17, 15) is 10.2 Å². The highest BCUT2D eigenvalue weighted by Gasteiger charge is 2.30. The van der Waals surface area contributed by atoms with Crippen molar-refractivity contribution in [3.8, 4) is 0 Å². The van der Waals surface area contributed by atoms with Gasteiger partial charge in [-0.1, -0.05) is 25.7 Å². The van der Waals surface area contributed by atoms with Crippen LogP contribution in [0.25, 0.3) is 0 Å². The second-order valence-corrected chi connectivity index (χ2v) is 5.46. The molecule has 2 unspecified atom stereocenters. The minimum atomic E-state index is -0.171. The normalized spacial score (nSPS) is 40.9. The first-order valence-corrected chi connectivity index (χ1v) is 6.86. The predicted octanol–water partition coefficient (Wildman–Crippen LogP) is 1.43. The molecule has 0 heterocycles.